The number of rotatable bonds is 5. The van der Waals surface area contributed by atoms with Gasteiger partial charge in [-0.25, -0.2) is 0 Å². The molecule has 0 amide bonds. The molecular formula is C18H32N6O. The molecule has 1 aromatic rings. The largest absolute Gasteiger partial charge is 0.393 e. The number of guanidine groups is 1. The molecule has 2 aliphatic rings. The topological polar surface area (TPSA) is 77.7 Å². The van der Waals surface area contributed by atoms with E-state index in [1.165, 1.54) is 5.69 Å². The first-order valence-electron chi connectivity index (χ1n) is 9.62. The minimum Gasteiger partial charge on any atom is -0.393 e. The summed E-state index contributed by atoms with van der Waals surface area (Å²) in [6.07, 6.45) is 9.26. The Hall–Kier alpha value is -1.76. The number of aromatic nitrogens is 2. The molecule has 3 unspecified atom stereocenters. The lowest BCUT2D eigenvalue weighted by Gasteiger charge is -2.34. The number of aliphatic imine (C=N–C) groups is 1. The molecule has 7 heteroatoms. The van der Waals surface area contributed by atoms with E-state index in [4.69, 9.17) is 4.99 Å². The highest BCUT2D eigenvalue weighted by Crippen LogP contribution is 2.25. The van der Waals surface area contributed by atoms with E-state index in [1.807, 2.05) is 17.9 Å². The molecule has 0 bridgehead atoms. The van der Waals surface area contributed by atoms with E-state index in [9.17, 15) is 5.11 Å². The maximum absolute atomic E-state index is 9.99. The van der Waals surface area contributed by atoms with Crippen molar-refractivity contribution >= 4 is 11.6 Å². The van der Waals surface area contributed by atoms with E-state index in [2.05, 4.69) is 33.8 Å². The van der Waals surface area contributed by atoms with Gasteiger partial charge in [0.15, 0.2) is 5.96 Å². The smallest absolute Gasteiger partial charge is 0.191 e. The monoisotopic (exact) mass is 348 g/mol. The lowest BCUT2D eigenvalue weighted by molar-refractivity contribution is 0.136. The van der Waals surface area contributed by atoms with Gasteiger partial charge < -0.3 is 20.6 Å². The van der Waals surface area contributed by atoms with Crippen LogP contribution in [0.15, 0.2) is 17.4 Å². The maximum Gasteiger partial charge on any atom is 0.191 e. The zero-order chi connectivity index (χ0) is 17.6. The molecule has 1 aliphatic carbocycles. The second kappa shape index (κ2) is 8.56. The SMILES string of the molecule is CCNC(=NCC1CCCC1O)NC1CCCN(c2cnn(C)c2)C1. The highest BCUT2D eigenvalue weighted by Gasteiger charge is 2.25. The van der Waals surface area contributed by atoms with Gasteiger partial charge >= 0.3 is 0 Å². The minimum atomic E-state index is -0.178. The van der Waals surface area contributed by atoms with Crippen molar-refractivity contribution in [3.63, 3.8) is 0 Å². The Balaban J connectivity index is 1.57. The van der Waals surface area contributed by atoms with Crippen LogP contribution in [-0.4, -0.2) is 59.2 Å². The van der Waals surface area contributed by atoms with E-state index in [-0.39, 0.29) is 6.10 Å². The molecule has 0 radical (unpaired) electrons. The number of nitrogens with one attached hydrogen (secondary N) is 2. The molecule has 1 aliphatic heterocycles. The summed E-state index contributed by atoms with van der Waals surface area (Å²) in [6, 6.07) is 0.375. The molecule has 140 valence electrons. The molecule has 0 spiro atoms. The van der Waals surface area contributed by atoms with Crippen molar-refractivity contribution in [2.45, 2.75) is 51.2 Å². The standard InChI is InChI=1S/C18H32N6O/c1-3-19-18(20-10-14-6-4-8-17(14)25)22-15-7-5-9-24(12-15)16-11-21-23(2)13-16/h11,13-15,17,25H,3-10,12H2,1-2H3,(H2,19,20,22). The summed E-state index contributed by atoms with van der Waals surface area (Å²) in [5.74, 6) is 1.19. The van der Waals surface area contributed by atoms with Crippen LogP contribution in [0, 0.1) is 5.92 Å². The molecule has 1 saturated heterocycles. The van der Waals surface area contributed by atoms with Gasteiger partial charge in [-0.2, -0.15) is 5.10 Å². The molecule has 2 fully saturated rings. The number of piperidine rings is 1. The molecule has 1 aromatic heterocycles. The van der Waals surface area contributed by atoms with Gasteiger partial charge in [-0.15, -0.1) is 0 Å². The summed E-state index contributed by atoms with van der Waals surface area (Å²) in [5.41, 5.74) is 1.19. The van der Waals surface area contributed by atoms with Gasteiger partial charge in [0.05, 0.1) is 18.0 Å². The van der Waals surface area contributed by atoms with Gasteiger partial charge in [0.2, 0.25) is 0 Å². The molecule has 2 heterocycles. The molecule has 3 N–H and O–H groups in total. The van der Waals surface area contributed by atoms with Crippen LogP contribution in [0.2, 0.25) is 0 Å². The Labute approximate surface area is 150 Å². The van der Waals surface area contributed by atoms with Gasteiger partial charge in [-0.3, -0.25) is 9.67 Å². The first-order valence-corrected chi connectivity index (χ1v) is 9.62. The van der Waals surface area contributed by atoms with E-state index >= 15 is 0 Å². The van der Waals surface area contributed by atoms with Crippen molar-refractivity contribution in [1.82, 2.24) is 20.4 Å². The number of hydrogen-bond acceptors (Lipinski definition) is 4. The number of aryl methyl sites for hydroxylation is 1. The lowest BCUT2D eigenvalue weighted by Crippen LogP contribution is -2.51. The Morgan fingerprint density at radius 2 is 2.24 bits per heavy atom. The third-order valence-corrected chi connectivity index (χ3v) is 5.27. The highest BCUT2D eigenvalue weighted by molar-refractivity contribution is 5.80. The van der Waals surface area contributed by atoms with Crippen molar-refractivity contribution in [1.29, 1.82) is 0 Å². The van der Waals surface area contributed by atoms with Gasteiger partial charge in [0.1, 0.15) is 0 Å². The quantitative estimate of drug-likeness (QED) is 0.549. The molecular weight excluding hydrogens is 316 g/mol. The Bertz CT molecular complexity index is 572. The summed E-state index contributed by atoms with van der Waals surface area (Å²) >= 11 is 0. The number of aliphatic hydroxyl groups excluding tert-OH is 1. The van der Waals surface area contributed by atoms with Gasteiger partial charge in [-0.05, 0) is 32.6 Å². The third kappa shape index (κ3) is 4.87. The highest BCUT2D eigenvalue weighted by atomic mass is 16.3. The fraction of sp³-hybridized carbons (Fsp3) is 0.778. The predicted octanol–water partition coefficient (Wildman–Crippen LogP) is 1.11. The fourth-order valence-electron chi connectivity index (χ4n) is 3.85. The molecule has 3 atom stereocenters. The molecule has 3 rings (SSSR count). The van der Waals surface area contributed by atoms with Crippen LogP contribution in [-0.2, 0) is 7.05 Å². The molecule has 25 heavy (non-hydrogen) atoms. The average Bonchev–Trinajstić information content (AvgIpc) is 3.21. The summed E-state index contributed by atoms with van der Waals surface area (Å²) in [4.78, 5) is 7.13. The van der Waals surface area contributed by atoms with Crippen LogP contribution in [0.4, 0.5) is 5.69 Å². The van der Waals surface area contributed by atoms with Crippen molar-refractivity contribution in [2.24, 2.45) is 18.0 Å². The van der Waals surface area contributed by atoms with Crippen molar-refractivity contribution in [3.05, 3.63) is 12.4 Å². The summed E-state index contributed by atoms with van der Waals surface area (Å²) in [5, 5.41) is 21.2. The zero-order valence-electron chi connectivity index (χ0n) is 15.5. The Morgan fingerprint density at radius 3 is 2.92 bits per heavy atom. The lowest BCUT2D eigenvalue weighted by atomic mass is 10.1. The molecule has 0 aromatic carbocycles. The third-order valence-electron chi connectivity index (χ3n) is 5.27. The van der Waals surface area contributed by atoms with Crippen molar-refractivity contribution in [2.75, 3.05) is 31.1 Å². The normalized spacial score (nSPS) is 27.6. The van der Waals surface area contributed by atoms with Gasteiger partial charge in [0.25, 0.3) is 0 Å². The van der Waals surface area contributed by atoms with Crippen LogP contribution in [0.3, 0.4) is 0 Å². The fourth-order valence-corrected chi connectivity index (χ4v) is 3.85. The van der Waals surface area contributed by atoms with Crippen LogP contribution < -0.4 is 15.5 Å². The first kappa shape index (κ1) is 18.0. The molecule has 1 saturated carbocycles. The molecule has 7 nitrogen and oxygen atoms in total. The Morgan fingerprint density at radius 1 is 1.36 bits per heavy atom. The van der Waals surface area contributed by atoms with Crippen molar-refractivity contribution in [3.8, 4) is 0 Å². The van der Waals surface area contributed by atoms with Crippen LogP contribution >= 0.6 is 0 Å². The Kier molecular flexibility index (Phi) is 6.18. The van der Waals surface area contributed by atoms with E-state index in [1.54, 1.807) is 0 Å². The van der Waals surface area contributed by atoms with E-state index in [0.29, 0.717) is 18.5 Å². The van der Waals surface area contributed by atoms with Crippen LogP contribution in [0.25, 0.3) is 0 Å². The second-order valence-electron chi connectivity index (χ2n) is 7.28. The van der Waals surface area contributed by atoms with Crippen LogP contribution in [0.5, 0.6) is 0 Å². The van der Waals surface area contributed by atoms with Gasteiger partial charge in [-0.1, -0.05) is 6.42 Å². The van der Waals surface area contributed by atoms with Gasteiger partial charge in [0, 0.05) is 51.4 Å². The van der Waals surface area contributed by atoms with E-state index in [0.717, 1.165) is 57.7 Å². The van der Waals surface area contributed by atoms with Crippen LogP contribution in [0.1, 0.15) is 39.0 Å². The minimum absolute atomic E-state index is 0.178. The van der Waals surface area contributed by atoms with E-state index < -0.39 is 0 Å². The number of anilines is 1. The number of hydrogen-bond donors (Lipinski definition) is 3. The summed E-state index contributed by atoms with van der Waals surface area (Å²) < 4.78 is 1.85. The van der Waals surface area contributed by atoms with Crippen molar-refractivity contribution < 1.29 is 5.11 Å². The maximum atomic E-state index is 9.99. The number of nitrogens with zero attached hydrogens (tertiary/aromatic N) is 4. The average molecular weight is 348 g/mol. The predicted molar refractivity (Wildman–Crippen MR) is 101 cm³/mol. The second-order valence-corrected chi connectivity index (χ2v) is 7.28. The first-order chi connectivity index (χ1) is 12.2. The summed E-state index contributed by atoms with van der Waals surface area (Å²) in [7, 11) is 1.95. The number of aliphatic hydroxyl groups is 1. The zero-order valence-corrected chi connectivity index (χ0v) is 15.5. The summed E-state index contributed by atoms with van der Waals surface area (Å²) in [6.45, 7) is 5.67.